The number of aliphatic carboxylic acids is 1. The van der Waals surface area contributed by atoms with Gasteiger partial charge < -0.3 is 14.6 Å². The molecule has 0 amide bonds. The van der Waals surface area contributed by atoms with Gasteiger partial charge in [-0.05, 0) is 50.8 Å². The molecule has 0 aromatic heterocycles. The fourth-order valence-corrected chi connectivity index (χ4v) is 4.47. The number of hydrogen-bond acceptors (Lipinski definition) is 6. The van der Waals surface area contributed by atoms with Crippen LogP contribution in [0.1, 0.15) is 43.0 Å². The Morgan fingerprint density at radius 1 is 1.23 bits per heavy atom. The second-order valence-electron chi connectivity index (χ2n) is 6.09. The molecule has 0 heterocycles. The quantitative estimate of drug-likeness (QED) is 0.687. The van der Waals surface area contributed by atoms with Gasteiger partial charge in [0.2, 0.25) is 10.0 Å². The maximum atomic E-state index is 12.8. The number of carbonyl (C=O) groups is 2. The van der Waals surface area contributed by atoms with Gasteiger partial charge in [-0.3, -0.25) is 4.79 Å². The summed E-state index contributed by atoms with van der Waals surface area (Å²) in [6.07, 6.45) is 1.72. The lowest BCUT2D eigenvalue weighted by Crippen LogP contribution is -2.38. The number of nitrogens with one attached hydrogen (secondary N) is 1. The van der Waals surface area contributed by atoms with Gasteiger partial charge in [-0.2, -0.15) is 0 Å². The van der Waals surface area contributed by atoms with Gasteiger partial charge in [0.05, 0.1) is 25.2 Å². The Hall–Kier alpha value is -2.13. The van der Waals surface area contributed by atoms with Gasteiger partial charge in [0.15, 0.2) is 0 Å². The van der Waals surface area contributed by atoms with Crippen LogP contribution in [0.15, 0.2) is 23.1 Å². The Balaban J connectivity index is 2.20. The molecule has 1 fully saturated rings. The van der Waals surface area contributed by atoms with Crippen LogP contribution in [0.4, 0.5) is 0 Å². The van der Waals surface area contributed by atoms with Crippen molar-refractivity contribution in [3.63, 3.8) is 0 Å². The summed E-state index contributed by atoms with van der Waals surface area (Å²) in [5.74, 6) is -1.79. The van der Waals surface area contributed by atoms with E-state index in [1.165, 1.54) is 25.3 Å². The molecule has 2 N–H and O–H groups in total. The van der Waals surface area contributed by atoms with Crippen LogP contribution in [0.5, 0.6) is 5.75 Å². The predicted octanol–water partition coefficient (Wildman–Crippen LogP) is 1.79. The molecule has 1 saturated carbocycles. The molecular weight excluding hydrogens is 362 g/mol. The first-order chi connectivity index (χ1) is 12.3. The maximum Gasteiger partial charge on any atom is 0.338 e. The Morgan fingerprint density at radius 2 is 1.88 bits per heavy atom. The van der Waals surface area contributed by atoms with Crippen LogP contribution in [-0.4, -0.2) is 45.2 Å². The number of carbonyl (C=O) groups excluding carboxylic acids is 1. The normalized spacial score (nSPS) is 20.4. The highest BCUT2D eigenvalue weighted by molar-refractivity contribution is 7.89. The number of sulfonamides is 1. The zero-order valence-electron chi connectivity index (χ0n) is 14.7. The van der Waals surface area contributed by atoms with Gasteiger partial charge in [-0.1, -0.05) is 0 Å². The second kappa shape index (κ2) is 8.50. The summed E-state index contributed by atoms with van der Waals surface area (Å²) in [6, 6.07) is 3.71. The Morgan fingerprint density at radius 3 is 2.42 bits per heavy atom. The smallest absolute Gasteiger partial charge is 0.338 e. The van der Waals surface area contributed by atoms with Crippen LogP contribution in [0.3, 0.4) is 0 Å². The van der Waals surface area contributed by atoms with E-state index in [0.29, 0.717) is 25.7 Å². The number of carboxylic acids is 1. The van der Waals surface area contributed by atoms with E-state index in [0.717, 1.165) is 0 Å². The van der Waals surface area contributed by atoms with E-state index >= 15 is 0 Å². The summed E-state index contributed by atoms with van der Waals surface area (Å²) >= 11 is 0. The summed E-state index contributed by atoms with van der Waals surface area (Å²) in [6.45, 7) is 1.84. The first-order valence-electron chi connectivity index (χ1n) is 8.38. The van der Waals surface area contributed by atoms with Crippen molar-refractivity contribution in [2.75, 3.05) is 13.7 Å². The molecule has 0 unspecified atom stereocenters. The Kier molecular flexibility index (Phi) is 6.60. The Bertz CT molecular complexity index is 767. The van der Waals surface area contributed by atoms with Crippen LogP contribution < -0.4 is 9.46 Å². The molecule has 1 aliphatic rings. The summed E-state index contributed by atoms with van der Waals surface area (Å²) in [5.41, 5.74) is 0.114. The summed E-state index contributed by atoms with van der Waals surface area (Å²) in [7, 11) is -2.60. The number of esters is 1. The number of hydrogen-bond donors (Lipinski definition) is 2. The van der Waals surface area contributed by atoms with Crippen LogP contribution in [0.25, 0.3) is 0 Å². The average molecular weight is 385 g/mol. The molecule has 9 heteroatoms. The van der Waals surface area contributed by atoms with Crippen molar-refractivity contribution in [2.24, 2.45) is 5.92 Å². The fourth-order valence-electron chi connectivity index (χ4n) is 2.97. The van der Waals surface area contributed by atoms with Crippen LogP contribution >= 0.6 is 0 Å². The fraction of sp³-hybridized carbons (Fsp3) is 0.529. The topological polar surface area (TPSA) is 119 Å². The van der Waals surface area contributed by atoms with Crippen LogP contribution in [0.2, 0.25) is 0 Å². The molecule has 26 heavy (non-hydrogen) atoms. The molecule has 0 radical (unpaired) electrons. The number of rotatable bonds is 7. The van der Waals surface area contributed by atoms with Gasteiger partial charge in [-0.15, -0.1) is 0 Å². The molecule has 0 bridgehead atoms. The molecule has 0 spiro atoms. The van der Waals surface area contributed by atoms with Crippen molar-refractivity contribution in [3.05, 3.63) is 23.8 Å². The molecule has 1 aromatic carbocycles. The minimum Gasteiger partial charge on any atom is -0.495 e. The lowest BCUT2D eigenvalue weighted by Gasteiger charge is -2.26. The van der Waals surface area contributed by atoms with E-state index in [9.17, 15) is 18.0 Å². The van der Waals surface area contributed by atoms with E-state index in [2.05, 4.69) is 4.72 Å². The molecule has 0 aliphatic heterocycles. The Labute approximate surface area is 152 Å². The minimum atomic E-state index is -3.94. The molecule has 0 atom stereocenters. The van der Waals surface area contributed by atoms with Gasteiger partial charge >= 0.3 is 11.9 Å². The monoisotopic (exact) mass is 385 g/mol. The zero-order valence-corrected chi connectivity index (χ0v) is 15.5. The molecule has 1 aromatic rings. The van der Waals surface area contributed by atoms with Crippen molar-refractivity contribution < 1.29 is 32.6 Å². The molecule has 8 nitrogen and oxygen atoms in total. The summed E-state index contributed by atoms with van der Waals surface area (Å²) < 4.78 is 38.1. The maximum absolute atomic E-state index is 12.8. The van der Waals surface area contributed by atoms with Crippen molar-refractivity contribution in [1.29, 1.82) is 0 Å². The highest BCUT2D eigenvalue weighted by Crippen LogP contribution is 2.29. The van der Waals surface area contributed by atoms with Gasteiger partial charge in [0.25, 0.3) is 0 Å². The molecule has 1 aliphatic carbocycles. The molecule has 0 saturated heterocycles. The number of benzene rings is 1. The SMILES string of the molecule is CCOC(=O)c1ccc(OC)c(S(=O)(=O)NC2CCC(C(=O)O)CC2)c1. The third-order valence-corrected chi connectivity index (χ3v) is 5.90. The van der Waals surface area contributed by atoms with Gasteiger partial charge in [0, 0.05) is 6.04 Å². The van der Waals surface area contributed by atoms with E-state index in [-0.39, 0.29) is 28.9 Å². The van der Waals surface area contributed by atoms with E-state index in [4.69, 9.17) is 14.6 Å². The first kappa shape index (κ1) is 20.2. The molecular formula is C17H23NO7S. The number of carboxylic acid groups (broad SMARTS) is 1. The minimum absolute atomic E-state index is 0.114. The highest BCUT2D eigenvalue weighted by atomic mass is 32.2. The molecule has 144 valence electrons. The van der Waals surface area contributed by atoms with Crippen molar-refractivity contribution in [2.45, 2.75) is 43.5 Å². The first-order valence-corrected chi connectivity index (χ1v) is 9.87. The van der Waals surface area contributed by atoms with Crippen molar-refractivity contribution >= 4 is 22.0 Å². The largest absolute Gasteiger partial charge is 0.495 e. The average Bonchev–Trinajstić information content (AvgIpc) is 2.61. The zero-order chi connectivity index (χ0) is 19.3. The summed E-state index contributed by atoms with van der Waals surface area (Å²) in [4.78, 5) is 22.7. The van der Waals surface area contributed by atoms with Crippen LogP contribution in [0, 0.1) is 5.92 Å². The summed E-state index contributed by atoms with van der Waals surface area (Å²) in [5, 5.41) is 9.03. The van der Waals surface area contributed by atoms with Crippen molar-refractivity contribution in [3.8, 4) is 5.75 Å². The lowest BCUT2D eigenvalue weighted by molar-refractivity contribution is -0.142. The van der Waals surface area contributed by atoms with Gasteiger partial charge in [0.1, 0.15) is 10.6 Å². The lowest BCUT2D eigenvalue weighted by atomic mass is 9.87. The number of ether oxygens (including phenoxy) is 2. The van der Waals surface area contributed by atoms with Crippen LogP contribution in [-0.2, 0) is 19.6 Å². The standard InChI is InChI=1S/C17H23NO7S/c1-3-25-17(21)12-6-9-14(24-2)15(10-12)26(22,23)18-13-7-4-11(5-8-13)16(19)20/h6,9-11,13,18H,3-5,7-8H2,1-2H3,(H,19,20). The predicted molar refractivity (Wildman–Crippen MR) is 92.7 cm³/mol. The van der Waals surface area contributed by atoms with Crippen molar-refractivity contribution in [1.82, 2.24) is 4.72 Å². The number of methoxy groups -OCH3 is 1. The second-order valence-corrected chi connectivity index (χ2v) is 7.78. The highest BCUT2D eigenvalue weighted by Gasteiger charge is 2.30. The van der Waals surface area contributed by atoms with E-state index in [1.807, 2.05) is 0 Å². The van der Waals surface area contributed by atoms with E-state index < -0.39 is 27.9 Å². The van der Waals surface area contributed by atoms with Gasteiger partial charge in [-0.25, -0.2) is 17.9 Å². The van der Waals surface area contributed by atoms with E-state index in [1.54, 1.807) is 6.92 Å². The third-order valence-electron chi connectivity index (χ3n) is 4.36. The third kappa shape index (κ3) is 4.73. The molecule has 2 rings (SSSR count).